The number of halogens is 3. The molecule has 172 valence electrons. The first-order chi connectivity index (χ1) is 15.9. The molecule has 1 fully saturated rings. The number of carbonyl (C=O) groups is 1. The first-order valence-electron chi connectivity index (χ1n) is 10.7. The lowest BCUT2D eigenvalue weighted by atomic mass is 10.1. The monoisotopic (exact) mass is 455 g/mol. The van der Waals surface area contributed by atoms with Gasteiger partial charge in [-0.25, -0.2) is 0 Å². The van der Waals surface area contributed by atoms with E-state index in [-0.39, 0.29) is 5.56 Å². The fraction of sp³-hybridized carbons (Fsp3) is 0.292. The predicted octanol–water partition coefficient (Wildman–Crippen LogP) is 4.11. The summed E-state index contributed by atoms with van der Waals surface area (Å²) in [6, 6.07) is 18.8. The lowest BCUT2D eigenvalue weighted by Gasteiger charge is -2.35. The second kappa shape index (κ2) is 9.89. The number of carbonyl (C=O) groups excluding carboxylic acids is 1. The number of aromatic nitrogens is 2. The summed E-state index contributed by atoms with van der Waals surface area (Å²) in [7, 11) is 0. The Hall–Kier alpha value is -3.62. The molecule has 2 heterocycles. The van der Waals surface area contributed by atoms with Crippen molar-refractivity contribution in [2.24, 2.45) is 0 Å². The van der Waals surface area contributed by atoms with Crippen LogP contribution in [0.1, 0.15) is 21.5 Å². The van der Waals surface area contributed by atoms with Crippen LogP contribution in [0.15, 0.2) is 66.7 Å². The highest BCUT2D eigenvalue weighted by atomic mass is 19.4. The number of hydrogen-bond donors (Lipinski definition) is 1. The maximum absolute atomic E-state index is 13.3. The van der Waals surface area contributed by atoms with E-state index in [2.05, 4.69) is 27.6 Å². The molecule has 1 saturated heterocycles. The van der Waals surface area contributed by atoms with Crippen molar-refractivity contribution in [1.29, 1.82) is 0 Å². The van der Waals surface area contributed by atoms with Crippen molar-refractivity contribution in [3.8, 4) is 0 Å². The molecule has 9 heteroatoms. The van der Waals surface area contributed by atoms with E-state index in [1.165, 1.54) is 28.7 Å². The van der Waals surface area contributed by atoms with E-state index in [0.29, 0.717) is 37.8 Å². The SMILES string of the molecule is O=C(c1ccccc1C(F)(F)F)N1CCN(c2ccc(NCCc3ccccc3)nn2)CC1. The van der Waals surface area contributed by atoms with E-state index in [9.17, 15) is 18.0 Å². The minimum Gasteiger partial charge on any atom is -0.368 e. The Morgan fingerprint density at radius 1 is 0.879 bits per heavy atom. The molecule has 0 saturated carbocycles. The molecule has 0 unspecified atom stereocenters. The molecule has 1 aliphatic heterocycles. The van der Waals surface area contributed by atoms with E-state index in [4.69, 9.17) is 0 Å². The number of nitrogens with one attached hydrogen (secondary N) is 1. The number of piperazine rings is 1. The largest absolute Gasteiger partial charge is 0.417 e. The van der Waals surface area contributed by atoms with Crippen LogP contribution in [0.25, 0.3) is 0 Å². The molecular weight excluding hydrogens is 431 g/mol. The van der Waals surface area contributed by atoms with E-state index in [1.807, 2.05) is 35.2 Å². The molecule has 1 aliphatic rings. The van der Waals surface area contributed by atoms with E-state index in [1.54, 1.807) is 0 Å². The van der Waals surface area contributed by atoms with Gasteiger partial charge >= 0.3 is 6.18 Å². The van der Waals surface area contributed by atoms with Crippen molar-refractivity contribution in [2.75, 3.05) is 42.9 Å². The minimum absolute atomic E-state index is 0.309. The minimum atomic E-state index is -4.57. The van der Waals surface area contributed by atoms with Gasteiger partial charge in [-0.05, 0) is 36.2 Å². The number of anilines is 2. The lowest BCUT2D eigenvalue weighted by Crippen LogP contribution is -2.49. The van der Waals surface area contributed by atoms with Crippen LogP contribution < -0.4 is 10.2 Å². The van der Waals surface area contributed by atoms with Crippen molar-refractivity contribution in [3.63, 3.8) is 0 Å². The van der Waals surface area contributed by atoms with Gasteiger partial charge in [0.2, 0.25) is 0 Å². The molecule has 0 atom stereocenters. The summed E-state index contributed by atoms with van der Waals surface area (Å²) >= 11 is 0. The van der Waals surface area contributed by atoms with Gasteiger partial charge in [0.15, 0.2) is 5.82 Å². The molecule has 6 nitrogen and oxygen atoms in total. The maximum Gasteiger partial charge on any atom is 0.417 e. The van der Waals surface area contributed by atoms with Gasteiger partial charge in [0.05, 0.1) is 11.1 Å². The predicted molar refractivity (Wildman–Crippen MR) is 120 cm³/mol. The van der Waals surface area contributed by atoms with Gasteiger partial charge in [0.25, 0.3) is 5.91 Å². The summed E-state index contributed by atoms with van der Waals surface area (Å²) in [6.45, 7) is 2.29. The zero-order valence-electron chi connectivity index (χ0n) is 17.9. The van der Waals surface area contributed by atoms with Crippen LogP contribution in [0, 0.1) is 0 Å². The normalized spacial score (nSPS) is 14.3. The number of rotatable bonds is 6. The molecule has 0 spiro atoms. The first kappa shape index (κ1) is 22.6. The Labute approximate surface area is 190 Å². The molecule has 0 radical (unpaired) electrons. The Balaban J connectivity index is 1.30. The van der Waals surface area contributed by atoms with Gasteiger partial charge in [-0.2, -0.15) is 13.2 Å². The third kappa shape index (κ3) is 5.60. The molecule has 0 bridgehead atoms. The van der Waals surface area contributed by atoms with E-state index < -0.39 is 17.6 Å². The van der Waals surface area contributed by atoms with Crippen molar-refractivity contribution in [1.82, 2.24) is 15.1 Å². The highest BCUT2D eigenvalue weighted by Gasteiger charge is 2.36. The fourth-order valence-electron chi connectivity index (χ4n) is 3.79. The average molecular weight is 455 g/mol. The van der Waals surface area contributed by atoms with Crippen LogP contribution in [0.3, 0.4) is 0 Å². The zero-order valence-corrected chi connectivity index (χ0v) is 17.9. The second-order valence-corrected chi connectivity index (χ2v) is 7.76. The van der Waals surface area contributed by atoms with Crippen LogP contribution in [-0.2, 0) is 12.6 Å². The van der Waals surface area contributed by atoms with Gasteiger partial charge in [0, 0.05) is 32.7 Å². The number of benzene rings is 2. The van der Waals surface area contributed by atoms with Crippen LogP contribution >= 0.6 is 0 Å². The van der Waals surface area contributed by atoms with E-state index >= 15 is 0 Å². The Morgan fingerprint density at radius 3 is 2.24 bits per heavy atom. The van der Waals surface area contributed by atoms with Gasteiger partial charge < -0.3 is 15.1 Å². The molecule has 1 N–H and O–H groups in total. The Kier molecular flexibility index (Phi) is 6.76. The van der Waals surface area contributed by atoms with Crippen LogP contribution in [-0.4, -0.2) is 53.7 Å². The summed E-state index contributed by atoms with van der Waals surface area (Å²) in [5, 5.41) is 11.7. The van der Waals surface area contributed by atoms with Crippen molar-refractivity contribution in [3.05, 3.63) is 83.4 Å². The number of hydrogen-bond acceptors (Lipinski definition) is 5. The number of amides is 1. The van der Waals surface area contributed by atoms with Crippen LogP contribution in [0.2, 0.25) is 0 Å². The van der Waals surface area contributed by atoms with Gasteiger partial charge in [0.1, 0.15) is 5.82 Å². The highest BCUT2D eigenvalue weighted by molar-refractivity contribution is 5.96. The summed E-state index contributed by atoms with van der Waals surface area (Å²) in [4.78, 5) is 16.2. The van der Waals surface area contributed by atoms with Gasteiger partial charge in [-0.15, -0.1) is 10.2 Å². The van der Waals surface area contributed by atoms with E-state index in [0.717, 1.165) is 19.0 Å². The van der Waals surface area contributed by atoms with Gasteiger partial charge in [-0.3, -0.25) is 4.79 Å². The molecule has 3 aromatic rings. The summed E-state index contributed by atoms with van der Waals surface area (Å²) in [6.07, 6.45) is -3.70. The molecule has 4 rings (SSSR count). The first-order valence-corrected chi connectivity index (χ1v) is 10.7. The third-order valence-corrected chi connectivity index (χ3v) is 5.57. The number of nitrogens with zero attached hydrogens (tertiary/aromatic N) is 4. The van der Waals surface area contributed by atoms with Gasteiger partial charge in [-0.1, -0.05) is 42.5 Å². The van der Waals surface area contributed by atoms with Crippen LogP contribution in [0.5, 0.6) is 0 Å². The molecule has 1 amide bonds. The van der Waals surface area contributed by atoms with Crippen molar-refractivity contribution < 1.29 is 18.0 Å². The molecule has 1 aromatic heterocycles. The summed E-state index contributed by atoms with van der Waals surface area (Å²) in [5.74, 6) is 0.741. The zero-order chi connectivity index (χ0) is 23.3. The lowest BCUT2D eigenvalue weighted by molar-refractivity contribution is -0.138. The molecule has 33 heavy (non-hydrogen) atoms. The highest BCUT2D eigenvalue weighted by Crippen LogP contribution is 2.32. The second-order valence-electron chi connectivity index (χ2n) is 7.76. The topological polar surface area (TPSA) is 61.4 Å². The molecule has 2 aromatic carbocycles. The Morgan fingerprint density at radius 2 is 1.58 bits per heavy atom. The molecular formula is C24H24F3N5O. The van der Waals surface area contributed by atoms with Crippen molar-refractivity contribution >= 4 is 17.5 Å². The van der Waals surface area contributed by atoms with Crippen molar-refractivity contribution in [2.45, 2.75) is 12.6 Å². The number of alkyl halides is 3. The summed E-state index contributed by atoms with van der Waals surface area (Å²) < 4.78 is 39.8. The fourth-order valence-corrected chi connectivity index (χ4v) is 3.79. The molecule has 0 aliphatic carbocycles. The van der Waals surface area contributed by atoms with Crippen LogP contribution in [0.4, 0.5) is 24.8 Å². The Bertz CT molecular complexity index is 1070. The summed E-state index contributed by atoms with van der Waals surface area (Å²) in [5.41, 5.74) is 0.0164. The standard InChI is InChI=1S/C24H24F3N5O/c25-24(26,27)20-9-5-4-8-19(20)23(33)32-16-14-31(15-17-32)22-11-10-21(29-30-22)28-13-12-18-6-2-1-3-7-18/h1-11H,12-17H2,(H,28,29). The third-order valence-electron chi connectivity index (χ3n) is 5.57. The quantitative estimate of drug-likeness (QED) is 0.606. The maximum atomic E-state index is 13.3. The smallest absolute Gasteiger partial charge is 0.368 e. The average Bonchev–Trinajstić information content (AvgIpc) is 2.84.